The Bertz CT molecular complexity index is 924. The van der Waals surface area contributed by atoms with Crippen LogP contribution in [-0.2, 0) is 0 Å². The molecule has 0 unspecified atom stereocenters. The lowest BCUT2D eigenvalue weighted by molar-refractivity contribution is 0.250. The number of amides is 2. The van der Waals surface area contributed by atoms with Crippen LogP contribution in [0.25, 0.3) is 0 Å². The summed E-state index contributed by atoms with van der Waals surface area (Å²) in [6, 6.07) is 23.8. The quantitative estimate of drug-likeness (QED) is 0.448. The number of carbonyl (C=O) groups excluding carboxylic acids is 1. The maximum absolute atomic E-state index is 12.3. The fourth-order valence-corrected chi connectivity index (χ4v) is 3.84. The van der Waals surface area contributed by atoms with Gasteiger partial charge in [-0.15, -0.1) is 0 Å². The molecule has 150 valence electrons. The Morgan fingerprint density at radius 2 is 1.59 bits per heavy atom. The molecular weight excluding hydrogens is 380 g/mol. The summed E-state index contributed by atoms with van der Waals surface area (Å²) < 4.78 is 5.88. The summed E-state index contributed by atoms with van der Waals surface area (Å²) in [6.45, 7) is 5.19. The fourth-order valence-electron chi connectivity index (χ4n) is 2.92. The van der Waals surface area contributed by atoms with Gasteiger partial charge in [0.25, 0.3) is 0 Å². The van der Waals surface area contributed by atoms with Gasteiger partial charge in [0.1, 0.15) is 5.75 Å². The first-order chi connectivity index (χ1) is 14.1. The maximum atomic E-state index is 12.3. The van der Waals surface area contributed by atoms with Crippen LogP contribution in [0.3, 0.4) is 0 Å². The van der Waals surface area contributed by atoms with Gasteiger partial charge in [-0.05, 0) is 55.7 Å². The average molecular weight is 407 g/mol. The largest absolute Gasteiger partial charge is 0.493 e. The van der Waals surface area contributed by atoms with Crippen LogP contribution >= 0.6 is 11.8 Å². The van der Waals surface area contributed by atoms with E-state index in [9.17, 15) is 4.79 Å². The van der Waals surface area contributed by atoms with Gasteiger partial charge >= 0.3 is 6.03 Å². The van der Waals surface area contributed by atoms with Gasteiger partial charge in [0, 0.05) is 16.3 Å². The predicted octanol–water partition coefficient (Wildman–Crippen LogP) is 6.05. The van der Waals surface area contributed by atoms with E-state index in [0.717, 1.165) is 38.8 Å². The summed E-state index contributed by atoms with van der Waals surface area (Å²) in [5.74, 6) is 0.934. The molecule has 2 N–H and O–H groups in total. The second kappa shape index (κ2) is 10.6. The molecule has 0 aromatic heterocycles. The number of hydrogen-bond acceptors (Lipinski definition) is 3. The Hall–Kier alpha value is -2.92. The third-order valence-corrected chi connectivity index (χ3v) is 5.45. The molecule has 4 nitrogen and oxygen atoms in total. The summed E-state index contributed by atoms with van der Waals surface area (Å²) in [5.41, 5.74) is 3.05. The molecule has 0 saturated carbocycles. The van der Waals surface area contributed by atoms with E-state index in [1.165, 1.54) is 0 Å². The topological polar surface area (TPSA) is 50.4 Å². The highest BCUT2D eigenvalue weighted by Gasteiger charge is 2.08. The van der Waals surface area contributed by atoms with Crippen molar-refractivity contribution in [2.75, 3.05) is 18.5 Å². The van der Waals surface area contributed by atoms with Crippen molar-refractivity contribution in [1.29, 1.82) is 0 Å². The summed E-state index contributed by atoms with van der Waals surface area (Å²) in [6.07, 6.45) is 0.738. The smallest absolute Gasteiger partial charge is 0.319 e. The molecule has 5 heteroatoms. The minimum atomic E-state index is -0.210. The van der Waals surface area contributed by atoms with Crippen LogP contribution < -0.4 is 15.4 Å². The predicted molar refractivity (Wildman–Crippen MR) is 120 cm³/mol. The summed E-state index contributed by atoms with van der Waals surface area (Å²) >= 11 is 1.63. The van der Waals surface area contributed by atoms with Crippen molar-refractivity contribution in [1.82, 2.24) is 5.32 Å². The molecule has 0 heterocycles. The summed E-state index contributed by atoms with van der Waals surface area (Å²) in [4.78, 5) is 14.4. The number of anilines is 1. The number of aryl methyl sites for hydroxylation is 2. The Morgan fingerprint density at radius 3 is 2.34 bits per heavy atom. The molecule has 3 aromatic rings. The zero-order valence-electron chi connectivity index (χ0n) is 16.8. The Balaban J connectivity index is 1.45. The lowest BCUT2D eigenvalue weighted by atomic mass is 10.1. The molecule has 0 spiro atoms. The van der Waals surface area contributed by atoms with Crippen molar-refractivity contribution in [3.05, 3.63) is 83.9 Å². The van der Waals surface area contributed by atoms with E-state index in [1.54, 1.807) is 11.8 Å². The summed E-state index contributed by atoms with van der Waals surface area (Å²) in [7, 11) is 0. The molecule has 0 saturated heterocycles. The van der Waals surface area contributed by atoms with Gasteiger partial charge in [-0.1, -0.05) is 60.3 Å². The zero-order valence-corrected chi connectivity index (χ0v) is 17.6. The van der Waals surface area contributed by atoms with Crippen LogP contribution in [0.5, 0.6) is 5.75 Å². The van der Waals surface area contributed by atoms with Crippen molar-refractivity contribution < 1.29 is 9.53 Å². The van der Waals surface area contributed by atoms with E-state index < -0.39 is 0 Å². The Labute approximate surface area is 176 Å². The number of nitrogens with one attached hydrogen (secondary N) is 2. The van der Waals surface area contributed by atoms with Crippen molar-refractivity contribution >= 4 is 23.5 Å². The molecule has 2 amide bonds. The lowest BCUT2D eigenvalue weighted by Crippen LogP contribution is -2.30. The van der Waals surface area contributed by atoms with Gasteiger partial charge in [0.2, 0.25) is 0 Å². The SMILES string of the molecule is Cc1cccc(C)c1OCCCNC(=O)Nc1ccccc1Sc1ccccc1. The lowest BCUT2D eigenvalue weighted by Gasteiger charge is -2.13. The van der Waals surface area contributed by atoms with Crippen molar-refractivity contribution in [3.8, 4) is 5.75 Å². The maximum Gasteiger partial charge on any atom is 0.319 e. The van der Waals surface area contributed by atoms with Crippen LogP contribution in [0.2, 0.25) is 0 Å². The fraction of sp³-hybridized carbons (Fsp3) is 0.208. The van der Waals surface area contributed by atoms with Crippen molar-refractivity contribution in [2.45, 2.75) is 30.1 Å². The first-order valence-electron chi connectivity index (χ1n) is 9.69. The molecule has 0 aliphatic rings. The van der Waals surface area contributed by atoms with Gasteiger partial charge in [0.05, 0.1) is 12.3 Å². The van der Waals surface area contributed by atoms with Crippen LogP contribution in [0.4, 0.5) is 10.5 Å². The minimum Gasteiger partial charge on any atom is -0.493 e. The molecule has 3 rings (SSSR count). The number of rotatable bonds is 8. The number of urea groups is 1. The third-order valence-electron chi connectivity index (χ3n) is 4.37. The van der Waals surface area contributed by atoms with Crippen LogP contribution in [0, 0.1) is 13.8 Å². The van der Waals surface area contributed by atoms with Gasteiger partial charge < -0.3 is 15.4 Å². The first kappa shape index (κ1) is 20.8. The van der Waals surface area contributed by atoms with E-state index in [1.807, 2.05) is 74.5 Å². The highest BCUT2D eigenvalue weighted by molar-refractivity contribution is 7.99. The van der Waals surface area contributed by atoms with Crippen LogP contribution in [0.15, 0.2) is 82.6 Å². The van der Waals surface area contributed by atoms with Crippen molar-refractivity contribution in [2.24, 2.45) is 0 Å². The molecule has 3 aromatic carbocycles. The molecule has 0 radical (unpaired) electrons. The van der Waals surface area contributed by atoms with E-state index in [2.05, 4.69) is 22.8 Å². The van der Waals surface area contributed by atoms with Crippen LogP contribution in [-0.4, -0.2) is 19.2 Å². The molecule has 0 bridgehead atoms. The second-order valence-corrected chi connectivity index (χ2v) is 7.83. The molecule has 0 atom stereocenters. The summed E-state index contributed by atoms with van der Waals surface area (Å²) in [5, 5.41) is 5.84. The molecule has 29 heavy (non-hydrogen) atoms. The Morgan fingerprint density at radius 1 is 0.897 bits per heavy atom. The van der Waals surface area contributed by atoms with E-state index in [4.69, 9.17) is 4.74 Å². The zero-order chi connectivity index (χ0) is 20.5. The normalized spacial score (nSPS) is 10.4. The number of hydrogen-bond donors (Lipinski definition) is 2. The minimum absolute atomic E-state index is 0.210. The molecule has 0 aliphatic carbocycles. The number of para-hydroxylation sites is 2. The standard InChI is InChI=1S/C24H26N2O2S/c1-18-10-8-11-19(2)23(18)28-17-9-16-25-24(27)26-21-14-6-7-15-22(21)29-20-12-4-3-5-13-20/h3-8,10-15H,9,16-17H2,1-2H3,(H2,25,26,27). The van der Waals surface area contributed by atoms with E-state index in [0.29, 0.717) is 13.2 Å². The first-order valence-corrected chi connectivity index (χ1v) is 10.5. The molecule has 0 aliphatic heterocycles. The van der Waals surface area contributed by atoms with Gasteiger partial charge in [-0.2, -0.15) is 0 Å². The number of benzene rings is 3. The third kappa shape index (κ3) is 6.29. The number of ether oxygens (including phenoxy) is 1. The highest BCUT2D eigenvalue weighted by Crippen LogP contribution is 2.33. The Kier molecular flexibility index (Phi) is 7.59. The van der Waals surface area contributed by atoms with Gasteiger partial charge in [-0.25, -0.2) is 4.79 Å². The number of carbonyl (C=O) groups is 1. The monoisotopic (exact) mass is 406 g/mol. The van der Waals surface area contributed by atoms with Gasteiger partial charge in [-0.3, -0.25) is 0 Å². The van der Waals surface area contributed by atoms with Crippen molar-refractivity contribution in [3.63, 3.8) is 0 Å². The van der Waals surface area contributed by atoms with Crippen LogP contribution in [0.1, 0.15) is 17.5 Å². The van der Waals surface area contributed by atoms with Gasteiger partial charge in [0.15, 0.2) is 0 Å². The second-order valence-electron chi connectivity index (χ2n) is 6.72. The molecular formula is C24H26N2O2S. The van der Waals surface area contributed by atoms with E-state index >= 15 is 0 Å². The molecule has 0 fully saturated rings. The average Bonchev–Trinajstić information content (AvgIpc) is 2.72. The van der Waals surface area contributed by atoms with E-state index in [-0.39, 0.29) is 6.03 Å². The highest BCUT2D eigenvalue weighted by atomic mass is 32.2.